The molecule has 1 saturated heterocycles. The van der Waals surface area contributed by atoms with E-state index in [1.807, 2.05) is 12.1 Å². The van der Waals surface area contributed by atoms with Crippen molar-refractivity contribution in [2.45, 2.75) is 39.0 Å². The van der Waals surface area contributed by atoms with Gasteiger partial charge in [0.15, 0.2) is 0 Å². The lowest BCUT2D eigenvalue weighted by Gasteiger charge is -2.16. The van der Waals surface area contributed by atoms with Gasteiger partial charge in [-0.1, -0.05) is 31.9 Å². The van der Waals surface area contributed by atoms with Crippen molar-refractivity contribution in [1.29, 1.82) is 0 Å². The highest BCUT2D eigenvalue weighted by Crippen LogP contribution is 2.26. The predicted molar refractivity (Wildman–Crippen MR) is 82.1 cm³/mol. The lowest BCUT2D eigenvalue weighted by molar-refractivity contribution is -0.145. The molecule has 1 amide bonds. The summed E-state index contributed by atoms with van der Waals surface area (Å²) >= 11 is 0. The highest BCUT2D eigenvalue weighted by atomic mass is 16.5. The van der Waals surface area contributed by atoms with Crippen LogP contribution in [0.4, 0.5) is 5.69 Å². The Bertz CT molecular complexity index is 495. The Morgan fingerprint density at radius 1 is 1.29 bits per heavy atom. The van der Waals surface area contributed by atoms with Crippen molar-refractivity contribution in [3.05, 3.63) is 29.8 Å². The molecule has 1 fully saturated rings. The van der Waals surface area contributed by atoms with Crippen molar-refractivity contribution in [3.8, 4) is 0 Å². The second-order valence-electron chi connectivity index (χ2n) is 5.55. The fraction of sp³-hybridized carbons (Fsp3) is 0.529. The number of esters is 1. The highest BCUT2D eigenvalue weighted by Gasteiger charge is 2.35. The Labute approximate surface area is 126 Å². The third kappa shape index (κ3) is 3.84. The second kappa shape index (κ2) is 7.25. The largest absolute Gasteiger partial charge is 0.469 e. The van der Waals surface area contributed by atoms with Crippen LogP contribution in [0.3, 0.4) is 0 Å². The molecule has 4 heteroatoms. The molecular formula is C17H23NO3. The van der Waals surface area contributed by atoms with E-state index in [4.69, 9.17) is 4.74 Å². The molecule has 1 aliphatic heterocycles. The Morgan fingerprint density at radius 2 is 2.00 bits per heavy atom. The van der Waals surface area contributed by atoms with Crippen LogP contribution in [0.1, 0.15) is 38.2 Å². The number of ether oxygens (including phenoxy) is 1. The Kier molecular flexibility index (Phi) is 5.37. The number of aryl methyl sites for hydroxylation is 1. The number of hydrogen-bond donors (Lipinski definition) is 0. The van der Waals surface area contributed by atoms with Crippen LogP contribution in [0.15, 0.2) is 24.3 Å². The summed E-state index contributed by atoms with van der Waals surface area (Å²) < 4.78 is 4.72. The minimum Gasteiger partial charge on any atom is -0.469 e. The number of carbonyl (C=O) groups is 2. The van der Waals surface area contributed by atoms with Crippen molar-refractivity contribution >= 4 is 17.6 Å². The third-order valence-electron chi connectivity index (χ3n) is 3.98. The molecule has 1 unspecified atom stereocenters. The van der Waals surface area contributed by atoms with Gasteiger partial charge in [-0.05, 0) is 30.5 Å². The molecular weight excluding hydrogens is 266 g/mol. The van der Waals surface area contributed by atoms with Crippen LogP contribution in [0.2, 0.25) is 0 Å². The minimum atomic E-state index is -0.341. The van der Waals surface area contributed by atoms with Crippen LogP contribution in [0.25, 0.3) is 0 Å². The summed E-state index contributed by atoms with van der Waals surface area (Å²) in [5.74, 6) is -0.655. The lowest BCUT2D eigenvalue weighted by atomic mass is 10.1. The maximum atomic E-state index is 12.0. The number of hydrogen-bond acceptors (Lipinski definition) is 3. The molecule has 4 nitrogen and oxygen atoms in total. The van der Waals surface area contributed by atoms with E-state index in [0.29, 0.717) is 6.54 Å². The molecule has 0 aromatic heterocycles. The SMILES string of the molecule is CCCCCc1ccc(N2CC(C(=O)OC)CC2=O)cc1. The van der Waals surface area contributed by atoms with Crippen LogP contribution in [-0.4, -0.2) is 25.5 Å². The topological polar surface area (TPSA) is 46.6 Å². The summed E-state index contributed by atoms with van der Waals surface area (Å²) in [6, 6.07) is 8.09. The summed E-state index contributed by atoms with van der Waals surface area (Å²) in [4.78, 5) is 25.2. The van der Waals surface area contributed by atoms with Crippen LogP contribution >= 0.6 is 0 Å². The number of amides is 1. The monoisotopic (exact) mass is 289 g/mol. The van der Waals surface area contributed by atoms with Gasteiger partial charge < -0.3 is 9.64 Å². The Morgan fingerprint density at radius 3 is 2.62 bits per heavy atom. The summed E-state index contributed by atoms with van der Waals surface area (Å²) in [7, 11) is 1.36. The number of carbonyl (C=O) groups excluding carboxylic acids is 2. The first kappa shape index (κ1) is 15.5. The normalized spacial score (nSPS) is 18.1. The zero-order chi connectivity index (χ0) is 15.2. The second-order valence-corrected chi connectivity index (χ2v) is 5.55. The van der Waals surface area contributed by atoms with Crippen molar-refractivity contribution in [2.24, 2.45) is 5.92 Å². The van der Waals surface area contributed by atoms with E-state index in [1.165, 1.54) is 31.9 Å². The molecule has 1 aromatic rings. The van der Waals surface area contributed by atoms with E-state index in [-0.39, 0.29) is 24.2 Å². The molecule has 0 aliphatic carbocycles. The molecule has 0 saturated carbocycles. The van der Waals surface area contributed by atoms with E-state index in [0.717, 1.165) is 12.1 Å². The molecule has 1 atom stereocenters. The Hall–Kier alpha value is -1.84. The van der Waals surface area contributed by atoms with Crippen LogP contribution in [0.5, 0.6) is 0 Å². The first-order valence-corrected chi connectivity index (χ1v) is 7.62. The molecule has 21 heavy (non-hydrogen) atoms. The van der Waals surface area contributed by atoms with Gasteiger partial charge in [-0.15, -0.1) is 0 Å². The quantitative estimate of drug-likeness (QED) is 0.597. The molecule has 0 radical (unpaired) electrons. The minimum absolute atomic E-state index is 0.0101. The van der Waals surface area contributed by atoms with Gasteiger partial charge in [-0.25, -0.2) is 0 Å². The van der Waals surface area contributed by atoms with Gasteiger partial charge >= 0.3 is 5.97 Å². The summed E-state index contributed by atoms with van der Waals surface area (Å²) in [6.45, 7) is 2.61. The molecule has 114 valence electrons. The zero-order valence-corrected chi connectivity index (χ0v) is 12.8. The van der Waals surface area contributed by atoms with Gasteiger partial charge in [0.25, 0.3) is 0 Å². The average Bonchev–Trinajstić information content (AvgIpc) is 2.89. The van der Waals surface area contributed by atoms with Crippen molar-refractivity contribution < 1.29 is 14.3 Å². The lowest BCUT2D eigenvalue weighted by Crippen LogP contribution is -2.26. The van der Waals surface area contributed by atoms with Gasteiger partial charge in [-0.2, -0.15) is 0 Å². The molecule has 0 spiro atoms. The summed E-state index contributed by atoms with van der Waals surface area (Å²) in [6.07, 6.45) is 4.98. The number of anilines is 1. The molecule has 0 bridgehead atoms. The van der Waals surface area contributed by atoms with Crippen LogP contribution in [0, 0.1) is 5.92 Å². The standard InChI is InChI=1S/C17H23NO3/c1-3-4-5-6-13-7-9-15(10-8-13)18-12-14(11-16(18)19)17(20)21-2/h7-10,14H,3-6,11-12H2,1-2H3. The maximum Gasteiger partial charge on any atom is 0.311 e. The smallest absolute Gasteiger partial charge is 0.311 e. The van der Waals surface area contributed by atoms with E-state index < -0.39 is 0 Å². The first-order chi connectivity index (χ1) is 10.2. The first-order valence-electron chi connectivity index (χ1n) is 7.62. The van der Waals surface area contributed by atoms with Gasteiger partial charge in [0.2, 0.25) is 5.91 Å². The predicted octanol–water partition coefficient (Wildman–Crippen LogP) is 2.95. The van der Waals surface area contributed by atoms with E-state index in [9.17, 15) is 9.59 Å². The average molecular weight is 289 g/mol. The van der Waals surface area contributed by atoms with Gasteiger partial charge in [-0.3, -0.25) is 9.59 Å². The summed E-state index contributed by atoms with van der Waals surface area (Å²) in [5, 5.41) is 0. The van der Waals surface area contributed by atoms with Crippen LogP contribution in [-0.2, 0) is 20.7 Å². The maximum absolute atomic E-state index is 12.0. The fourth-order valence-electron chi connectivity index (χ4n) is 2.70. The molecule has 1 heterocycles. The van der Waals surface area contributed by atoms with Gasteiger partial charge in [0.05, 0.1) is 13.0 Å². The highest BCUT2D eigenvalue weighted by molar-refractivity contribution is 5.99. The molecule has 1 aliphatic rings. The molecule has 2 rings (SSSR count). The third-order valence-corrected chi connectivity index (χ3v) is 3.98. The fourth-order valence-corrected chi connectivity index (χ4v) is 2.70. The number of nitrogens with zero attached hydrogens (tertiary/aromatic N) is 1. The number of methoxy groups -OCH3 is 1. The van der Waals surface area contributed by atoms with Crippen molar-refractivity contribution in [2.75, 3.05) is 18.6 Å². The van der Waals surface area contributed by atoms with E-state index in [2.05, 4.69) is 19.1 Å². The van der Waals surface area contributed by atoms with Crippen molar-refractivity contribution in [3.63, 3.8) is 0 Å². The number of benzene rings is 1. The van der Waals surface area contributed by atoms with Gasteiger partial charge in [0.1, 0.15) is 0 Å². The van der Waals surface area contributed by atoms with E-state index in [1.54, 1.807) is 4.90 Å². The molecule has 0 N–H and O–H groups in total. The Balaban J connectivity index is 1.98. The summed E-state index contributed by atoms with van der Waals surface area (Å²) in [5.41, 5.74) is 2.16. The van der Waals surface area contributed by atoms with E-state index >= 15 is 0 Å². The van der Waals surface area contributed by atoms with Crippen molar-refractivity contribution in [1.82, 2.24) is 0 Å². The van der Waals surface area contributed by atoms with Gasteiger partial charge in [0, 0.05) is 18.7 Å². The number of rotatable bonds is 6. The van der Waals surface area contributed by atoms with Crippen LogP contribution < -0.4 is 4.90 Å². The molecule has 1 aromatic carbocycles. The zero-order valence-electron chi connectivity index (χ0n) is 12.8. The number of unbranched alkanes of at least 4 members (excludes halogenated alkanes) is 2.